The first-order valence-electron chi connectivity index (χ1n) is 7.50. The lowest BCUT2D eigenvalue weighted by Gasteiger charge is -2.01. The van der Waals surface area contributed by atoms with Crippen molar-refractivity contribution in [2.24, 2.45) is 0 Å². The predicted molar refractivity (Wildman–Crippen MR) is 88.2 cm³/mol. The van der Waals surface area contributed by atoms with Gasteiger partial charge in [0.1, 0.15) is 0 Å². The van der Waals surface area contributed by atoms with Crippen LogP contribution in [-0.2, 0) is 0 Å². The number of rotatable bonds is 3. The molecule has 4 aromatic rings. The molecule has 3 heterocycles. The number of anilines is 2. The van der Waals surface area contributed by atoms with Crippen molar-refractivity contribution in [2.45, 2.75) is 0 Å². The van der Waals surface area contributed by atoms with E-state index in [0.29, 0.717) is 40.1 Å². The van der Waals surface area contributed by atoms with Gasteiger partial charge >= 0.3 is 5.76 Å². The number of fused-ring (bicyclic) bond motifs is 2. The summed E-state index contributed by atoms with van der Waals surface area (Å²) in [6.07, 6.45) is 1.62. The summed E-state index contributed by atoms with van der Waals surface area (Å²) in [5.74, 6) is 1.49. The highest BCUT2D eigenvalue weighted by Gasteiger charge is 2.16. The van der Waals surface area contributed by atoms with Crippen LogP contribution in [0.5, 0.6) is 11.5 Å². The van der Waals surface area contributed by atoms with Gasteiger partial charge in [-0.15, -0.1) is 0 Å². The molecule has 0 amide bonds. The largest absolute Gasteiger partial charge is 0.454 e. The Hall–Kier alpha value is -3.68. The molecule has 124 valence electrons. The fraction of sp³-hybridized carbons (Fsp3) is 0.0588. The Morgan fingerprint density at radius 3 is 2.92 bits per heavy atom. The molecule has 1 aliphatic heterocycles. The molecule has 0 fully saturated rings. The smallest absolute Gasteiger partial charge is 0.417 e. The molecule has 0 bridgehead atoms. The first kappa shape index (κ1) is 13.7. The topological polar surface area (TPSA) is 103 Å². The van der Waals surface area contributed by atoms with E-state index in [1.165, 1.54) is 0 Å². The van der Waals surface area contributed by atoms with Gasteiger partial charge in [-0.3, -0.25) is 4.98 Å². The van der Waals surface area contributed by atoms with Crippen molar-refractivity contribution in [2.75, 3.05) is 12.1 Å². The maximum Gasteiger partial charge on any atom is 0.417 e. The Morgan fingerprint density at radius 2 is 1.96 bits per heavy atom. The molecule has 1 aliphatic rings. The molecule has 0 saturated carbocycles. The van der Waals surface area contributed by atoms with Gasteiger partial charge in [0.15, 0.2) is 22.8 Å². The second kappa shape index (κ2) is 5.17. The van der Waals surface area contributed by atoms with Crippen molar-refractivity contribution in [1.82, 2.24) is 9.97 Å². The minimum atomic E-state index is -0.492. The van der Waals surface area contributed by atoms with Crippen LogP contribution in [0.4, 0.5) is 11.7 Å². The molecule has 0 radical (unpaired) electrons. The normalized spacial score (nSPS) is 12.6. The third-order valence-electron chi connectivity index (χ3n) is 3.84. The summed E-state index contributed by atoms with van der Waals surface area (Å²) in [7, 11) is 0. The van der Waals surface area contributed by atoms with Crippen LogP contribution >= 0.6 is 0 Å². The number of nitrogens with one attached hydrogen (secondary N) is 2. The van der Waals surface area contributed by atoms with E-state index in [-0.39, 0.29) is 6.79 Å². The van der Waals surface area contributed by atoms with Gasteiger partial charge in [0.05, 0.1) is 11.7 Å². The third kappa shape index (κ3) is 2.40. The summed E-state index contributed by atoms with van der Waals surface area (Å²) in [6, 6.07) is 11.1. The zero-order valence-corrected chi connectivity index (χ0v) is 12.7. The highest BCUT2D eigenvalue weighted by atomic mass is 16.7. The zero-order valence-electron chi connectivity index (χ0n) is 12.7. The lowest BCUT2D eigenvalue weighted by molar-refractivity contribution is 0.174. The fourth-order valence-corrected chi connectivity index (χ4v) is 2.66. The minimum Gasteiger partial charge on any atom is -0.454 e. The van der Waals surface area contributed by atoms with Gasteiger partial charge < -0.3 is 23.6 Å². The lowest BCUT2D eigenvalue weighted by atomic mass is 10.1. The summed E-state index contributed by atoms with van der Waals surface area (Å²) in [5, 5.41) is 3.04. The van der Waals surface area contributed by atoms with E-state index < -0.39 is 5.76 Å². The Kier molecular flexibility index (Phi) is 2.84. The number of hydrogen-bond donors (Lipinski definition) is 2. The van der Waals surface area contributed by atoms with E-state index in [9.17, 15) is 4.79 Å². The molecule has 8 heteroatoms. The SMILES string of the molecule is O=c1[nH]c2ccc(Nc3ncc(-c4ccc5c(c4)OCO5)o3)cc2o1. The van der Waals surface area contributed by atoms with E-state index in [0.717, 1.165) is 5.56 Å². The van der Waals surface area contributed by atoms with Crippen molar-refractivity contribution in [3.8, 4) is 22.8 Å². The molecule has 0 atom stereocenters. The van der Waals surface area contributed by atoms with E-state index in [1.54, 1.807) is 24.4 Å². The van der Waals surface area contributed by atoms with Crippen molar-refractivity contribution in [1.29, 1.82) is 0 Å². The number of benzene rings is 2. The van der Waals surface area contributed by atoms with Crippen LogP contribution in [0.3, 0.4) is 0 Å². The molecule has 0 saturated heterocycles. The number of nitrogens with zero attached hydrogens (tertiary/aromatic N) is 1. The average molecular weight is 337 g/mol. The van der Waals surface area contributed by atoms with E-state index >= 15 is 0 Å². The van der Waals surface area contributed by atoms with Gasteiger partial charge in [0.2, 0.25) is 6.79 Å². The molecule has 0 aliphatic carbocycles. The molecule has 2 aromatic carbocycles. The average Bonchev–Trinajstić information content (AvgIpc) is 3.32. The van der Waals surface area contributed by atoms with Gasteiger partial charge in [-0.1, -0.05) is 0 Å². The maximum absolute atomic E-state index is 11.2. The molecule has 5 rings (SSSR count). The molecule has 2 aromatic heterocycles. The summed E-state index contributed by atoms with van der Waals surface area (Å²) >= 11 is 0. The van der Waals surface area contributed by atoms with Crippen molar-refractivity contribution in [3.63, 3.8) is 0 Å². The predicted octanol–water partition coefficient (Wildman–Crippen LogP) is 3.25. The quantitative estimate of drug-likeness (QED) is 0.591. The maximum atomic E-state index is 11.2. The highest BCUT2D eigenvalue weighted by Crippen LogP contribution is 2.36. The van der Waals surface area contributed by atoms with Crippen LogP contribution in [0, 0.1) is 0 Å². The molecular weight excluding hydrogens is 326 g/mol. The van der Waals surface area contributed by atoms with E-state index in [4.69, 9.17) is 18.3 Å². The number of aromatic amines is 1. The summed E-state index contributed by atoms with van der Waals surface area (Å²) < 4.78 is 21.4. The summed E-state index contributed by atoms with van der Waals surface area (Å²) in [6.45, 7) is 0.222. The van der Waals surface area contributed by atoms with E-state index in [2.05, 4.69) is 15.3 Å². The Balaban J connectivity index is 1.42. The second-order valence-electron chi connectivity index (χ2n) is 5.45. The first-order valence-corrected chi connectivity index (χ1v) is 7.50. The molecule has 2 N–H and O–H groups in total. The van der Waals surface area contributed by atoms with Gasteiger partial charge in [-0.25, -0.2) is 9.78 Å². The van der Waals surface area contributed by atoms with Gasteiger partial charge in [0, 0.05) is 17.3 Å². The molecular formula is C17H11N3O5. The van der Waals surface area contributed by atoms with Crippen LogP contribution in [0.25, 0.3) is 22.4 Å². The van der Waals surface area contributed by atoms with Gasteiger partial charge in [-0.05, 0) is 30.3 Å². The van der Waals surface area contributed by atoms with Crippen LogP contribution in [0.2, 0.25) is 0 Å². The monoisotopic (exact) mass is 337 g/mol. The van der Waals surface area contributed by atoms with Crippen LogP contribution < -0.4 is 20.5 Å². The first-order chi connectivity index (χ1) is 12.2. The Bertz CT molecular complexity index is 1140. The molecule has 8 nitrogen and oxygen atoms in total. The molecule has 0 unspecified atom stereocenters. The third-order valence-corrected chi connectivity index (χ3v) is 3.84. The second-order valence-corrected chi connectivity index (χ2v) is 5.45. The number of H-pyrrole nitrogens is 1. The summed E-state index contributed by atoms with van der Waals surface area (Å²) in [4.78, 5) is 18.0. The number of ether oxygens (including phenoxy) is 2. The lowest BCUT2D eigenvalue weighted by Crippen LogP contribution is -1.92. The highest BCUT2D eigenvalue weighted by molar-refractivity contribution is 5.77. The van der Waals surface area contributed by atoms with Crippen molar-refractivity contribution < 1.29 is 18.3 Å². The van der Waals surface area contributed by atoms with Gasteiger partial charge in [-0.2, -0.15) is 0 Å². The zero-order chi connectivity index (χ0) is 16.8. The van der Waals surface area contributed by atoms with Crippen molar-refractivity contribution in [3.05, 3.63) is 53.1 Å². The number of hydrogen-bond acceptors (Lipinski definition) is 7. The van der Waals surface area contributed by atoms with Gasteiger partial charge in [0.25, 0.3) is 6.01 Å². The Labute approximate surface area is 140 Å². The van der Waals surface area contributed by atoms with Crippen LogP contribution in [0.15, 0.2) is 56.2 Å². The van der Waals surface area contributed by atoms with Crippen molar-refractivity contribution >= 4 is 22.8 Å². The van der Waals surface area contributed by atoms with Crippen LogP contribution in [-0.4, -0.2) is 16.8 Å². The fourth-order valence-electron chi connectivity index (χ4n) is 2.66. The Morgan fingerprint density at radius 1 is 1.04 bits per heavy atom. The molecule has 25 heavy (non-hydrogen) atoms. The van der Waals surface area contributed by atoms with Crippen LogP contribution in [0.1, 0.15) is 0 Å². The number of oxazole rings is 2. The minimum absolute atomic E-state index is 0.222. The standard InChI is InChI=1S/C17H11N3O5/c21-17-20-11-3-2-10(6-13(11)25-17)19-16-18-7-15(24-16)9-1-4-12-14(5-9)23-8-22-12/h1-7H,8H2,(H,18,19)(H,20,21). The molecule has 0 spiro atoms. The number of aromatic nitrogens is 2. The summed E-state index contributed by atoms with van der Waals surface area (Å²) in [5.41, 5.74) is 2.60. The van der Waals surface area contributed by atoms with E-state index in [1.807, 2.05) is 18.2 Å².